The number of rotatable bonds is 9. The number of nitrogens with two attached hydrogens (primary N) is 1. The number of carbonyl (C=O) groups is 4. The van der Waals surface area contributed by atoms with Crippen LogP contribution in [0.15, 0.2) is 46.8 Å². The molecular weight excluding hydrogens is 512 g/mol. The number of carboxylic acids is 1. The van der Waals surface area contributed by atoms with E-state index in [0.717, 1.165) is 0 Å². The summed E-state index contributed by atoms with van der Waals surface area (Å²) in [6.45, 7) is 1.82. The quantitative estimate of drug-likeness (QED) is 0.154. The van der Waals surface area contributed by atoms with Crippen LogP contribution in [0.3, 0.4) is 0 Å². The van der Waals surface area contributed by atoms with Crippen LogP contribution >= 0.6 is 23.5 Å². The van der Waals surface area contributed by atoms with E-state index in [2.05, 4.69) is 20.7 Å². The molecule has 2 aliphatic rings. The molecule has 36 heavy (non-hydrogen) atoms. The molecule has 190 valence electrons. The Bertz CT molecular complexity index is 1190. The molecule has 2 amide bonds. The minimum absolute atomic E-state index is 0.0771. The third-order valence-electron chi connectivity index (χ3n) is 5.32. The molecule has 1 aromatic heterocycles. The molecule has 0 radical (unpaired) electrons. The van der Waals surface area contributed by atoms with E-state index in [1.165, 1.54) is 58.9 Å². The van der Waals surface area contributed by atoms with Gasteiger partial charge in [0.2, 0.25) is 5.91 Å². The summed E-state index contributed by atoms with van der Waals surface area (Å²) in [5.74, 6) is -1.40. The Hall–Kier alpha value is -3.56. The van der Waals surface area contributed by atoms with Gasteiger partial charge in [-0.1, -0.05) is 23.9 Å². The van der Waals surface area contributed by atoms with E-state index >= 15 is 0 Å². The summed E-state index contributed by atoms with van der Waals surface area (Å²) in [5, 5.41) is 22.6. The number of nitrogens with zero attached hydrogens (tertiary/aromatic N) is 3. The van der Waals surface area contributed by atoms with Crippen LogP contribution < -0.4 is 15.8 Å². The van der Waals surface area contributed by atoms with Gasteiger partial charge in [-0.25, -0.2) is 9.59 Å². The number of thioether (sulfide) groups is 2. The molecule has 2 aromatic rings. The first-order valence-electron chi connectivity index (χ1n) is 10.7. The Labute approximate surface area is 213 Å². The van der Waals surface area contributed by atoms with Gasteiger partial charge >= 0.3 is 12.1 Å². The lowest BCUT2D eigenvalue weighted by molar-refractivity contribution is -0.150. The number of hydrogen-bond acceptors (Lipinski definition) is 11. The topological polar surface area (TPSA) is 190 Å². The second-order valence-electron chi connectivity index (χ2n) is 7.58. The van der Waals surface area contributed by atoms with Crippen LogP contribution in [-0.4, -0.2) is 78.9 Å². The van der Waals surface area contributed by atoms with E-state index in [1.54, 1.807) is 6.92 Å². The van der Waals surface area contributed by atoms with Crippen molar-refractivity contribution in [2.24, 2.45) is 5.73 Å². The van der Waals surface area contributed by atoms with Crippen molar-refractivity contribution in [1.82, 2.24) is 25.6 Å². The Balaban J connectivity index is 1.38. The Morgan fingerprint density at radius 3 is 2.75 bits per heavy atom. The molecule has 4 rings (SSSR count). The third-order valence-corrected chi connectivity index (χ3v) is 7.64. The largest absolute Gasteiger partial charge is 0.513 e. The van der Waals surface area contributed by atoms with Crippen LogP contribution in [0, 0.1) is 0 Å². The van der Waals surface area contributed by atoms with Crippen molar-refractivity contribution in [2.45, 2.75) is 29.4 Å². The van der Waals surface area contributed by atoms with Gasteiger partial charge in [-0.05, 0) is 30.2 Å². The Morgan fingerprint density at radius 2 is 2.11 bits per heavy atom. The van der Waals surface area contributed by atoms with Gasteiger partial charge in [0.25, 0.3) is 5.91 Å². The predicted molar refractivity (Wildman–Crippen MR) is 128 cm³/mol. The molecule has 1 aromatic carbocycles. The third kappa shape index (κ3) is 5.32. The van der Waals surface area contributed by atoms with Crippen LogP contribution in [0.5, 0.6) is 5.75 Å². The fraction of sp³-hybridized carbons (Fsp3) is 0.333. The maximum Gasteiger partial charge on any atom is 0.513 e. The summed E-state index contributed by atoms with van der Waals surface area (Å²) in [6, 6.07) is 3.98. The number of carbonyl (C=O) groups excluding carboxylic acids is 3. The predicted octanol–water partition coefficient (Wildman–Crippen LogP) is 0.871. The molecule has 0 bridgehead atoms. The second kappa shape index (κ2) is 11.0. The van der Waals surface area contributed by atoms with Crippen molar-refractivity contribution >= 4 is 47.5 Å². The number of ether oxygens (including phenoxy) is 2. The molecule has 3 atom stereocenters. The zero-order chi connectivity index (χ0) is 25.8. The molecule has 1 saturated heterocycles. The zero-order valence-electron chi connectivity index (χ0n) is 18.9. The fourth-order valence-corrected chi connectivity index (χ4v) is 5.87. The van der Waals surface area contributed by atoms with Gasteiger partial charge in [-0.3, -0.25) is 14.5 Å². The number of aliphatic carboxylic acids is 1. The first kappa shape index (κ1) is 25.5. The highest BCUT2D eigenvalue weighted by molar-refractivity contribution is 8.01. The van der Waals surface area contributed by atoms with E-state index in [9.17, 15) is 24.3 Å². The van der Waals surface area contributed by atoms with Crippen molar-refractivity contribution in [2.75, 3.05) is 18.1 Å². The standard InChI is InChI=1S/C21H22N6O7S2/c1-2-33-21(32)34-12-5-3-10(4-6-12)14(22)17(28)24-15-18(29)27-16(20(30)31)11(9-36-19(15)27)8-35-13-7-23-26-25-13/h3-7,14-15,19H,2,8-9,22H2,1H3,(H,24,28)(H,30,31)(H,23,25,26)/t14-,15?,19-/m1/s1. The number of nitrogens with one attached hydrogen (secondary N) is 2. The summed E-state index contributed by atoms with van der Waals surface area (Å²) in [7, 11) is 0. The molecule has 1 unspecified atom stereocenters. The van der Waals surface area contributed by atoms with Gasteiger partial charge in [-0.15, -0.1) is 16.9 Å². The monoisotopic (exact) mass is 534 g/mol. The minimum Gasteiger partial charge on any atom is -0.477 e. The van der Waals surface area contributed by atoms with Crippen molar-refractivity contribution in [3.8, 4) is 5.75 Å². The lowest BCUT2D eigenvalue weighted by Gasteiger charge is -2.49. The highest BCUT2D eigenvalue weighted by atomic mass is 32.2. The highest BCUT2D eigenvalue weighted by Crippen LogP contribution is 2.41. The molecule has 3 heterocycles. The number of benzene rings is 1. The number of aromatic nitrogens is 3. The SMILES string of the molecule is CCOC(=O)Oc1ccc([C@@H](N)C(=O)NC2C(=O)N3C(C(=O)O)=C(CSc4cn[nH]n4)CS[C@H]23)cc1. The first-order valence-corrected chi connectivity index (χ1v) is 12.7. The van der Waals surface area contributed by atoms with Crippen LogP contribution in [0.4, 0.5) is 4.79 Å². The van der Waals surface area contributed by atoms with Crippen molar-refractivity contribution < 1.29 is 33.8 Å². The summed E-state index contributed by atoms with van der Waals surface area (Å²) in [5.41, 5.74) is 7.00. The Morgan fingerprint density at radius 1 is 1.36 bits per heavy atom. The number of carboxylic acid groups (broad SMARTS) is 1. The summed E-state index contributed by atoms with van der Waals surface area (Å²) in [4.78, 5) is 50.2. The molecular formula is C21H22N6O7S2. The van der Waals surface area contributed by atoms with E-state index < -0.39 is 41.4 Å². The normalized spacial score (nSPS) is 19.7. The molecule has 13 nitrogen and oxygen atoms in total. The van der Waals surface area contributed by atoms with Gasteiger partial charge in [0.05, 0.1) is 12.8 Å². The van der Waals surface area contributed by atoms with Crippen LogP contribution in [0.25, 0.3) is 0 Å². The minimum atomic E-state index is -1.21. The fourth-order valence-electron chi connectivity index (χ4n) is 3.60. The number of β-lactam (4-membered cyclic amide) rings is 1. The molecule has 0 aliphatic carbocycles. The number of H-pyrrole nitrogens is 1. The van der Waals surface area contributed by atoms with Gasteiger partial charge in [0.15, 0.2) is 0 Å². The van der Waals surface area contributed by atoms with Crippen LogP contribution in [0.1, 0.15) is 18.5 Å². The van der Waals surface area contributed by atoms with Crippen molar-refractivity contribution in [1.29, 1.82) is 0 Å². The Kier molecular flexibility index (Phi) is 7.81. The first-order chi connectivity index (χ1) is 17.3. The van der Waals surface area contributed by atoms with Gasteiger partial charge < -0.3 is 25.6 Å². The number of fused-ring (bicyclic) bond motifs is 1. The number of hydrogen-bond donors (Lipinski definition) is 4. The highest BCUT2D eigenvalue weighted by Gasteiger charge is 2.54. The van der Waals surface area contributed by atoms with Crippen LogP contribution in [-0.2, 0) is 19.1 Å². The summed E-state index contributed by atoms with van der Waals surface area (Å²) in [6.07, 6.45) is 0.676. The summed E-state index contributed by atoms with van der Waals surface area (Å²) >= 11 is 2.67. The average Bonchev–Trinajstić information content (AvgIpc) is 3.39. The maximum atomic E-state index is 12.8. The van der Waals surface area contributed by atoms with Crippen molar-refractivity contribution in [3.05, 3.63) is 47.3 Å². The molecule has 1 fully saturated rings. The van der Waals surface area contributed by atoms with E-state index in [0.29, 0.717) is 27.7 Å². The van der Waals surface area contributed by atoms with Gasteiger partial charge in [-0.2, -0.15) is 10.3 Å². The molecule has 0 spiro atoms. The van der Waals surface area contributed by atoms with Crippen LogP contribution in [0.2, 0.25) is 0 Å². The lowest BCUT2D eigenvalue weighted by atomic mass is 10.0. The van der Waals surface area contributed by atoms with E-state index in [1.807, 2.05) is 0 Å². The average molecular weight is 535 g/mol. The second-order valence-corrected chi connectivity index (χ2v) is 9.68. The molecule has 5 N–H and O–H groups in total. The molecule has 15 heteroatoms. The lowest BCUT2D eigenvalue weighted by Crippen LogP contribution is -2.71. The molecule has 0 saturated carbocycles. The van der Waals surface area contributed by atoms with Gasteiger partial charge in [0.1, 0.15) is 33.9 Å². The van der Waals surface area contributed by atoms with Gasteiger partial charge in [0, 0.05) is 11.5 Å². The van der Waals surface area contributed by atoms with E-state index in [-0.39, 0.29) is 18.1 Å². The van der Waals surface area contributed by atoms with Crippen molar-refractivity contribution in [3.63, 3.8) is 0 Å². The summed E-state index contributed by atoms with van der Waals surface area (Å²) < 4.78 is 9.67. The number of aromatic amines is 1. The zero-order valence-corrected chi connectivity index (χ0v) is 20.5. The van der Waals surface area contributed by atoms with E-state index in [4.69, 9.17) is 15.2 Å². The molecule has 2 aliphatic heterocycles. The smallest absolute Gasteiger partial charge is 0.477 e. The maximum absolute atomic E-state index is 12.8. The number of amides is 2.